The maximum atomic E-state index is 11.7. The molecule has 0 fully saturated rings. The van der Waals surface area contributed by atoms with Crippen LogP contribution in [0, 0.1) is 0 Å². The molecule has 0 aromatic rings. The Hall–Kier alpha value is -1.16. The van der Waals surface area contributed by atoms with Gasteiger partial charge in [-0.2, -0.15) is 0 Å². The van der Waals surface area contributed by atoms with E-state index in [1.54, 1.807) is 13.1 Å². The van der Waals surface area contributed by atoms with Gasteiger partial charge in [-0.1, -0.05) is 32.3 Å². The number of ketones is 1. The second-order valence-corrected chi connectivity index (χ2v) is 3.70. The minimum Gasteiger partial charge on any atom is -0.346 e. The van der Waals surface area contributed by atoms with Crippen LogP contribution in [-0.2, 0) is 9.59 Å². The number of amides is 1. The highest BCUT2D eigenvalue weighted by atomic mass is 16.2. The van der Waals surface area contributed by atoms with E-state index in [0.717, 1.165) is 19.3 Å². The highest BCUT2D eigenvalue weighted by molar-refractivity contribution is 6.38. The van der Waals surface area contributed by atoms with E-state index in [9.17, 15) is 9.59 Å². The normalized spacial score (nSPS) is 11.9. The number of Topliss-reactive ketones (excluding diaryl/α,β-unsaturated/α-hetero) is 1. The molecule has 0 heterocycles. The molecule has 0 radical (unpaired) electrons. The van der Waals surface area contributed by atoms with Crippen molar-refractivity contribution in [2.24, 2.45) is 0 Å². The van der Waals surface area contributed by atoms with Gasteiger partial charge >= 0.3 is 0 Å². The lowest BCUT2D eigenvalue weighted by Gasteiger charge is -2.13. The third-order valence-corrected chi connectivity index (χ3v) is 2.39. The summed E-state index contributed by atoms with van der Waals surface area (Å²) in [7, 11) is 1.70. The number of hydrogen-bond donors (Lipinski definition) is 2. The topological polar surface area (TPSA) is 58.2 Å². The molecule has 1 atom stereocenters. The van der Waals surface area contributed by atoms with Crippen LogP contribution < -0.4 is 10.6 Å². The third kappa shape index (κ3) is 5.66. The molecular formula is C12H22N2O2. The van der Waals surface area contributed by atoms with Gasteiger partial charge in [-0.25, -0.2) is 0 Å². The van der Waals surface area contributed by atoms with Crippen molar-refractivity contribution in [3.63, 3.8) is 0 Å². The van der Waals surface area contributed by atoms with E-state index in [4.69, 9.17) is 0 Å². The SMILES string of the molecule is C=CCNC(=O)C(=O)C(CCCCC)NC. The van der Waals surface area contributed by atoms with Crippen LogP contribution in [0.15, 0.2) is 12.7 Å². The summed E-state index contributed by atoms with van der Waals surface area (Å²) in [6.45, 7) is 5.91. The van der Waals surface area contributed by atoms with Gasteiger partial charge in [0.2, 0.25) is 5.78 Å². The Balaban J connectivity index is 4.07. The van der Waals surface area contributed by atoms with Gasteiger partial charge in [-0.05, 0) is 13.5 Å². The van der Waals surface area contributed by atoms with Crippen LogP contribution >= 0.6 is 0 Å². The van der Waals surface area contributed by atoms with Crippen molar-refractivity contribution < 1.29 is 9.59 Å². The van der Waals surface area contributed by atoms with Crippen molar-refractivity contribution in [1.82, 2.24) is 10.6 Å². The maximum Gasteiger partial charge on any atom is 0.289 e. The van der Waals surface area contributed by atoms with E-state index in [0.29, 0.717) is 13.0 Å². The van der Waals surface area contributed by atoms with E-state index < -0.39 is 5.91 Å². The Morgan fingerprint density at radius 2 is 2.06 bits per heavy atom. The van der Waals surface area contributed by atoms with Crippen molar-refractivity contribution in [1.29, 1.82) is 0 Å². The smallest absolute Gasteiger partial charge is 0.289 e. The molecule has 0 saturated carbocycles. The summed E-state index contributed by atoms with van der Waals surface area (Å²) >= 11 is 0. The summed E-state index contributed by atoms with van der Waals surface area (Å²) < 4.78 is 0. The summed E-state index contributed by atoms with van der Waals surface area (Å²) in [6.07, 6.45) is 5.41. The number of carbonyl (C=O) groups excluding carboxylic acids is 2. The fourth-order valence-electron chi connectivity index (χ4n) is 1.42. The van der Waals surface area contributed by atoms with Crippen LogP contribution in [0.5, 0.6) is 0 Å². The monoisotopic (exact) mass is 226 g/mol. The second kappa shape index (κ2) is 9.09. The van der Waals surface area contributed by atoms with E-state index >= 15 is 0 Å². The average molecular weight is 226 g/mol. The van der Waals surface area contributed by atoms with E-state index in [2.05, 4.69) is 24.1 Å². The van der Waals surface area contributed by atoms with Gasteiger partial charge in [0.1, 0.15) is 0 Å². The summed E-state index contributed by atoms with van der Waals surface area (Å²) in [5.41, 5.74) is 0. The highest BCUT2D eigenvalue weighted by Crippen LogP contribution is 2.04. The molecule has 16 heavy (non-hydrogen) atoms. The lowest BCUT2D eigenvalue weighted by molar-refractivity contribution is -0.139. The Morgan fingerprint density at radius 1 is 1.38 bits per heavy atom. The standard InChI is InChI=1S/C12H22N2O2/c1-4-6-7-8-10(13-3)11(15)12(16)14-9-5-2/h5,10,13H,2,4,6-9H2,1,3H3,(H,14,16). The summed E-state index contributed by atoms with van der Waals surface area (Å²) in [5, 5.41) is 5.37. The van der Waals surface area contributed by atoms with Crippen LogP contribution in [0.3, 0.4) is 0 Å². The van der Waals surface area contributed by atoms with Gasteiger partial charge in [0.15, 0.2) is 0 Å². The van der Waals surface area contributed by atoms with Crippen molar-refractivity contribution in [3.8, 4) is 0 Å². The van der Waals surface area contributed by atoms with Crippen LogP contribution in [0.25, 0.3) is 0 Å². The van der Waals surface area contributed by atoms with E-state index in [1.165, 1.54) is 0 Å². The molecule has 1 unspecified atom stereocenters. The summed E-state index contributed by atoms with van der Waals surface area (Å²) in [6, 6.07) is -0.364. The molecule has 0 spiro atoms. The van der Waals surface area contributed by atoms with Gasteiger partial charge in [-0.15, -0.1) is 6.58 Å². The highest BCUT2D eigenvalue weighted by Gasteiger charge is 2.22. The number of rotatable bonds is 9. The Bertz CT molecular complexity index is 239. The molecule has 0 rings (SSSR count). The van der Waals surface area contributed by atoms with E-state index in [-0.39, 0.29) is 11.8 Å². The molecule has 1 amide bonds. The number of carbonyl (C=O) groups is 2. The van der Waals surface area contributed by atoms with Crippen molar-refractivity contribution in [3.05, 3.63) is 12.7 Å². The van der Waals surface area contributed by atoms with Crippen molar-refractivity contribution in [2.45, 2.75) is 38.6 Å². The lowest BCUT2D eigenvalue weighted by Crippen LogP contribution is -2.44. The van der Waals surface area contributed by atoms with Gasteiger partial charge in [0.05, 0.1) is 6.04 Å². The molecule has 92 valence electrons. The average Bonchev–Trinajstić information content (AvgIpc) is 2.31. The predicted octanol–water partition coefficient (Wildman–Crippen LogP) is 1.03. The molecule has 0 aromatic heterocycles. The lowest BCUT2D eigenvalue weighted by atomic mass is 10.0. The number of nitrogens with one attached hydrogen (secondary N) is 2. The molecule has 0 aliphatic rings. The first-order valence-electron chi connectivity index (χ1n) is 5.77. The first kappa shape index (κ1) is 14.8. The van der Waals surface area contributed by atoms with Crippen molar-refractivity contribution >= 4 is 11.7 Å². The number of unbranched alkanes of at least 4 members (excludes halogenated alkanes) is 2. The first-order chi connectivity index (χ1) is 7.67. The minimum absolute atomic E-state index is 0.329. The minimum atomic E-state index is -0.532. The van der Waals surface area contributed by atoms with Gasteiger partial charge in [0.25, 0.3) is 5.91 Å². The van der Waals surface area contributed by atoms with Gasteiger partial charge < -0.3 is 10.6 Å². The van der Waals surface area contributed by atoms with Gasteiger partial charge in [-0.3, -0.25) is 9.59 Å². The van der Waals surface area contributed by atoms with Crippen LogP contribution in [0.2, 0.25) is 0 Å². The first-order valence-corrected chi connectivity index (χ1v) is 5.77. The Labute approximate surface area is 97.5 Å². The molecule has 0 bridgehead atoms. The molecule has 4 heteroatoms. The fourth-order valence-corrected chi connectivity index (χ4v) is 1.42. The zero-order chi connectivity index (χ0) is 12.4. The van der Waals surface area contributed by atoms with Crippen LogP contribution in [-0.4, -0.2) is 31.3 Å². The Morgan fingerprint density at radius 3 is 2.56 bits per heavy atom. The summed E-state index contributed by atoms with van der Waals surface area (Å²) in [5.74, 6) is -0.920. The third-order valence-electron chi connectivity index (χ3n) is 2.39. The van der Waals surface area contributed by atoms with Crippen LogP contribution in [0.1, 0.15) is 32.6 Å². The molecule has 0 aliphatic heterocycles. The second-order valence-electron chi connectivity index (χ2n) is 3.70. The molecule has 0 aliphatic carbocycles. The molecular weight excluding hydrogens is 204 g/mol. The maximum absolute atomic E-state index is 11.7. The molecule has 2 N–H and O–H groups in total. The molecule has 0 aromatic carbocycles. The van der Waals surface area contributed by atoms with Crippen LogP contribution in [0.4, 0.5) is 0 Å². The Kier molecular flexibility index (Phi) is 8.43. The zero-order valence-corrected chi connectivity index (χ0v) is 10.2. The molecule has 0 saturated heterocycles. The van der Waals surface area contributed by atoms with Gasteiger partial charge in [0, 0.05) is 6.54 Å². The van der Waals surface area contributed by atoms with E-state index in [1.807, 2.05) is 0 Å². The number of hydrogen-bond acceptors (Lipinski definition) is 3. The fraction of sp³-hybridized carbons (Fsp3) is 0.667. The predicted molar refractivity (Wildman–Crippen MR) is 65.2 cm³/mol. The number of likely N-dealkylation sites (N-methyl/N-ethyl adjacent to an activating group) is 1. The molecule has 4 nitrogen and oxygen atoms in total. The largest absolute Gasteiger partial charge is 0.346 e. The zero-order valence-electron chi connectivity index (χ0n) is 10.2. The van der Waals surface area contributed by atoms with Crippen molar-refractivity contribution in [2.75, 3.05) is 13.6 Å². The summed E-state index contributed by atoms with van der Waals surface area (Å²) in [4.78, 5) is 23.1. The quantitative estimate of drug-likeness (QED) is 0.351.